The van der Waals surface area contributed by atoms with Gasteiger partial charge in [0.05, 0.1) is 5.56 Å². The fourth-order valence-corrected chi connectivity index (χ4v) is 2.40. The van der Waals surface area contributed by atoms with Gasteiger partial charge in [0.2, 0.25) is 11.5 Å². The quantitative estimate of drug-likeness (QED) is 0.905. The fourth-order valence-electron chi connectivity index (χ4n) is 2.40. The molecule has 2 amide bonds. The molecule has 0 atom stereocenters. The topological polar surface area (TPSA) is 82.3 Å². The number of hydrogen-bond donors (Lipinski definition) is 2. The first kappa shape index (κ1) is 14.1. The molecule has 1 aliphatic heterocycles. The Hall–Kier alpha value is -2.89. The number of hydrogen-bond acceptors (Lipinski definition) is 3. The van der Waals surface area contributed by atoms with E-state index in [0.29, 0.717) is 17.7 Å². The average Bonchev–Trinajstić information content (AvgIpc) is 2.95. The zero-order valence-corrected chi connectivity index (χ0v) is 11.8. The van der Waals surface area contributed by atoms with Crippen molar-refractivity contribution < 1.29 is 9.59 Å². The third-order valence-electron chi connectivity index (χ3n) is 3.56. The van der Waals surface area contributed by atoms with Crippen molar-refractivity contribution >= 4 is 23.2 Å². The maximum absolute atomic E-state index is 12.0. The number of amides is 2. The van der Waals surface area contributed by atoms with E-state index < -0.39 is 0 Å². The van der Waals surface area contributed by atoms with E-state index in [1.165, 1.54) is 18.3 Å². The van der Waals surface area contributed by atoms with Crippen LogP contribution in [0.2, 0.25) is 0 Å². The first-order valence-corrected chi connectivity index (χ1v) is 7.04. The number of carbonyl (C=O) groups excluding carboxylic acids is 2. The number of pyridine rings is 1. The molecule has 3 rings (SSSR count). The first-order chi connectivity index (χ1) is 10.6. The van der Waals surface area contributed by atoms with Gasteiger partial charge in [-0.2, -0.15) is 0 Å². The molecule has 1 fully saturated rings. The predicted molar refractivity (Wildman–Crippen MR) is 83.0 cm³/mol. The lowest BCUT2D eigenvalue weighted by Crippen LogP contribution is -2.23. The van der Waals surface area contributed by atoms with Crippen molar-refractivity contribution in [2.24, 2.45) is 0 Å². The first-order valence-electron chi connectivity index (χ1n) is 7.04. The molecular formula is C16H15N3O3. The van der Waals surface area contributed by atoms with Crippen molar-refractivity contribution in [1.82, 2.24) is 4.98 Å². The van der Waals surface area contributed by atoms with Crippen molar-refractivity contribution in [3.8, 4) is 0 Å². The zero-order chi connectivity index (χ0) is 15.5. The Morgan fingerprint density at radius 2 is 1.86 bits per heavy atom. The van der Waals surface area contributed by atoms with Crippen LogP contribution in [0.3, 0.4) is 0 Å². The third kappa shape index (κ3) is 2.90. The lowest BCUT2D eigenvalue weighted by Gasteiger charge is -2.16. The molecule has 0 bridgehead atoms. The molecule has 1 aromatic carbocycles. The van der Waals surface area contributed by atoms with Crippen LogP contribution in [0.5, 0.6) is 0 Å². The molecule has 6 nitrogen and oxygen atoms in total. The monoisotopic (exact) mass is 297 g/mol. The minimum absolute atomic E-state index is 0.130. The summed E-state index contributed by atoms with van der Waals surface area (Å²) in [6.45, 7) is 0.738. The number of rotatable bonds is 3. The summed E-state index contributed by atoms with van der Waals surface area (Å²) in [6.07, 6.45) is 2.84. The van der Waals surface area contributed by atoms with Crippen LogP contribution in [0.25, 0.3) is 0 Å². The van der Waals surface area contributed by atoms with Gasteiger partial charge in [0.25, 0.3) is 5.91 Å². The number of aromatic nitrogens is 1. The standard InChI is InChI=1S/C16H15N3O3/c20-14-8-3-11(10-17-14)16(22)18-12-4-6-13(7-5-12)19-9-1-2-15(19)21/h3-8,10H,1-2,9H2,(H,17,20)(H,18,22). The van der Waals surface area contributed by atoms with Crippen molar-refractivity contribution in [2.75, 3.05) is 16.8 Å². The SMILES string of the molecule is O=C(Nc1ccc(N2CCCC2=O)cc1)c1ccc(=O)[nH]c1. The van der Waals surface area contributed by atoms with Crippen molar-refractivity contribution in [3.05, 3.63) is 58.5 Å². The summed E-state index contributed by atoms with van der Waals surface area (Å²) in [5, 5.41) is 2.74. The molecule has 0 saturated carbocycles. The molecule has 0 spiro atoms. The molecule has 0 unspecified atom stereocenters. The number of nitrogens with zero attached hydrogens (tertiary/aromatic N) is 1. The third-order valence-corrected chi connectivity index (χ3v) is 3.56. The summed E-state index contributed by atoms with van der Waals surface area (Å²) in [7, 11) is 0. The van der Waals surface area contributed by atoms with E-state index in [0.717, 1.165) is 18.7 Å². The smallest absolute Gasteiger partial charge is 0.257 e. The van der Waals surface area contributed by atoms with Gasteiger partial charge in [0.1, 0.15) is 0 Å². The molecule has 2 aromatic rings. The molecule has 1 aliphatic rings. The summed E-state index contributed by atoms with van der Waals surface area (Å²) >= 11 is 0. The number of anilines is 2. The number of benzene rings is 1. The molecule has 0 radical (unpaired) electrons. The van der Waals surface area contributed by atoms with Crippen LogP contribution >= 0.6 is 0 Å². The Kier molecular flexibility index (Phi) is 3.74. The van der Waals surface area contributed by atoms with Crippen LogP contribution in [0.1, 0.15) is 23.2 Å². The second kappa shape index (κ2) is 5.85. The Labute approximate surface area is 126 Å². The van der Waals surface area contributed by atoms with Gasteiger partial charge < -0.3 is 15.2 Å². The molecule has 2 heterocycles. The highest BCUT2D eigenvalue weighted by Crippen LogP contribution is 2.23. The van der Waals surface area contributed by atoms with Gasteiger partial charge in [-0.25, -0.2) is 0 Å². The highest BCUT2D eigenvalue weighted by atomic mass is 16.2. The Morgan fingerprint density at radius 1 is 1.09 bits per heavy atom. The Balaban J connectivity index is 1.70. The maximum Gasteiger partial charge on any atom is 0.257 e. The second-order valence-corrected chi connectivity index (χ2v) is 5.09. The highest BCUT2D eigenvalue weighted by molar-refractivity contribution is 6.04. The van der Waals surface area contributed by atoms with Gasteiger partial charge in [-0.15, -0.1) is 0 Å². The molecule has 0 aliphatic carbocycles. The van der Waals surface area contributed by atoms with Crippen molar-refractivity contribution in [3.63, 3.8) is 0 Å². The van der Waals surface area contributed by atoms with Crippen LogP contribution < -0.4 is 15.8 Å². The molecule has 6 heteroatoms. The highest BCUT2D eigenvalue weighted by Gasteiger charge is 2.21. The number of H-pyrrole nitrogens is 1. The summed E-state index contributed by atoms with van der Waals surface area (Å²) in [4.78, 5) is 38.9. The molecule has 112 valence electrons. The number of aromatic amines is 1. The lowest BCUT2D eigenvalue weighted by molar-refractivity contribution is -0.117. The molecular weight excluding hydrogens is 282 g/mol. The summed E-state index contributed by atoms with van der Waals surface area (Å²) in [5.41, 5.74) is 1.59. The van der Waals surface area contributed by atoms with Gasteiger partial charge in [-0.3, -0.25) is 14.4 Å². The van der Waals surface area contributed by atoms with Crippen LogP contribution in [0.15, 0.2) is 47.4 Å². The van der Waals surface area contributed by atoms with Crippen LogP contribution in [-0.4, -0.2) is 23.3 Å². The number of carbonyl (C=O) groups is 2. The van der Waals surface area contributed by atoms with Crippen LogP contribution in [0.4, 0.5) is 11.4 Å². The normalized spacial score (nSPS) is 14.2. The maximum atomic E-state index is 12.0. The second-order valence-electron chi connectivity index (χ2n) is 5.09. The van der Waals surface area contributed by atoms with E-state index in [1.54, 1.807) is 17.0 Å². The molecule has 2 N–H and O–H groups in total. The van der Waals surface area contributed by atoms with Gasteiger partial charge in [0, 0.05) is 36.6 Å². The summed E-state index contributed by atoms with van der Waals surface area (Å²) < 4.78 is 0. The Morgan fingerprint density at radius 3 is 2.45 bits per heavy atom. The average molecular weight is 297 g/mol. The van der Waals surface area contributed by atoms with E-state index in [4.69, 9.17) is 0 Å². The number of nitrogens with one attached hydrogen (secondary N) is 2. The minimum Gasteiger partial charge on any atom is -0.328 e. The van der Waals surface area contributed by atoms with Gasteiger partial charge in [0.15, 0.2) is 0 Å². The van der Waals surface area contributed by atoms with E-state index in [2.05, 4.69) is 10.3 Å². The largest absolute Gasteiger partial charge is 0.328 e. The lowest BCUT2D eigenvalue weighted by atomic mass is 10.2. The predicted octanol–water partition coefficient (Wildman–Crippen LogP) is 1.75. The van der Waals surface area contributed by atoms with Gasteiger partial charge >= 0.3 is 0 Å². The van der Waals surface area contributed by atoms with Crippen molar-refractivity contribution in [2.45, 2.75) is 12.8 Å². The Bertz CT molecular complexity index is 744. The van der Waals surface area contributed by atoms with Crippen LogP contribution in [0, 0.1) is 0 Å². The van der Waals surface area contributed by atoms with Crippen molar-refractivity contribution in [1.29, 1.82) is 0 Å². The van der Waals surface area contributed by atoms with E-state index in [9.17, 15) is 14.4 Å². The zero-order valence-electron chi connectivity index (χ0n) is 11.8. The van der Waals surface area contributed by atoms with E-state index >= 15 is 0 Å². The molecule has 1 saturated heterocycles. The van der Waals surface area contributed by atoms with E-state index in [-0.39, 0.29) is 17.4 Å². The summed E-state index contributed by atoms with van der Waals surface area (Å²) in [6, 6.07) is 9.90. The molecule has 1 aromatic heterocycles. The van der Waals surface area contributed by atoms with E-state index in [1.807, 2.05) is 12.1 Å². The summed E-state index contributed by atoms with van der Waals surface area (Å²) in [5.74, 6) is -0.175. The molecule has 22 heavy (non-hydrogen) atoms. The van der Waals surface area contributed by atoms with Crippen LogP contribution in [-0.2, 0) is 4.79 Å². The fraction of sp³-hybridized carbons (Fsp3) is 0.188. The minimum atomic E-state index is -0.304. The van der Waals surface area contributed by atoms with Gasteiger partial charge in [-0.1, -0.05) is 0 Å². The van der Waals surface area contributed by atoms with Gasteiger partial charge in [-0.05, 0) is 36.8 Å².